The van der Waals surface area contributed by atoms with E-state index in [2.05, 4.69) is 29.8 Å². The van der Waals surface area contributed by atoms with Crippen LogP contribution in [0.15, 0.2) is 78.9 Å². The Kier molecular flexibility index (Phi) is 11.1. The Hall–Kier alpha value is -4.75. The highest BCUT2D eigenvalue weighted by Gasteiger charge is 2.43. The number of hydrogen-bond acceptors (Lipinski definition) is 7. The molecule has 1 N–H and O–H groups in total. The molecule has 0 saturated carbocycles. The van der Waals surface area contributed by atoms with Crippen molar-refractivity contribution in [1.29, 1.82) is 0 Å². The van der Waals surface area contributed by atoms with Crippen molar-refractivity contribution >= 4 is 42.2 Å². The zero-order chi connectivity index (χ0) is 33.4. The molecule has 1 aliphatic rings. The standard InChI is InChI=1S/C36H39N3O6S/c1-6-44-31(40)22-30(25-13-9-7-10-14-25)39-32(26-15-11-8-12-16-26)34(42)38(5)29-20-18-24(21-28(29)33(39)41)17-19-27(46)23-37-35(43)45-36(2,3)4/h7-16,18,20-21,27,30,32,46H,6,22-23H2,1-5H3,(H,37,43). The van der Waals surface area contributed by atoms with E-state index >= 15 is 0 Å². The molecule has 1 heterocycles. The van der Waals surface area contributed by atoms with E-state index in [1.807, 2.05) is 48.5 Å². The molecule has 46 heavy (non-hydrogen) atoms. The number of hydrogen-bond donors (Lipinski definition) is 2. The maximum Gasteiger partial charge on any atom is 0.407 e. The number of carbonyl (C=O) groups excluding carboxylic acids is 4. The molecular weight excluding hydrogens is 602 g/mol. The van der Waals surface area contributed by atoms with Crippen LogP contribution in [0.5, 0.6) is 0 Å². The molecule has 0 radical (unpaired) electrons. The maximum atomic E-state index is 14.7. The van der Waals surface area contributed by atoms with Gasteiger partial charge in [0, 0.05) is 19.2 Å². The summed E-state index contributed by atoms with van der Waals surface area (Å²) >= 11 is 4.47. The van der Waals surface area contributed by atoms with E-state index in [0.717, 1.165) is 0 Å². The van der Waals surface area contributed by atoms with E-state index in [-0.39, 0.29) is 31.0 Å². The second kappa shape index (κ2) is 15.0. The van der Waals surface area contributed by atoms with Gasteiger partial charge in [0.2, 0.25) is 0 Å². The van der Waals surface area contributed by atoms with Crippen LogP contribution in [0, 0.1) is 11.8 Å². The number of nitrogens with zero attached hydrogens (tertiary/aromatic N) is 2. The number of amides is 3. The Balaban J connectivity index is 1.76. The van der Waals surface area contributed by atoms with Crippen molar-refractivity contribution in [3.05, 3.63) is 101 Å². The molecule has 0 saturated heterocycles. The number of likely N-dealkylation sites (N-methyl/N-ethyl adjacent to an activating group) is 1. The average molecular weight is 642 g/mol. The lowest BCUT2D eigenvalue weighted by Gasteiger charge is -2.37. The quantitative estimate of drug-likeness (QED) is 0.185. The summed E-state index contributed by atoms with van der Waals surface area (Å²) in [4.78, 5) is 56.9. The number of fused-ring (bicyclic) bond motifs is 1. The topological polar surface area (TPSA) is 105 Å². The summed E-state index contributed by atoms with van der Waals surface area (Å²) in [5, 5.41) is 2.13. The van der Waals surface area contributed by atoms with Crippen LogP contribution in [0.1, 0.15) is 73.2 Å². The minimum atomic E-state index is -1.03. The van der Waals surface area contributed by atoms with Crippen molar-refractivity contribution in [2.75, 3.05) is 25.1 Å². The molecule has 9 nitrogen and oxygen atoms in total. The van der Waals surface area contributed by atoms with Gasteiger partial charge in [0.1, 0.15) is 11.6 Å². The predicted octanol–water partition coefficient (Wildman–Crippen LogP) is 5.72. The number of ether oxygens (including phenoxy) is 2. The van der Waals surface area contributed by atoms with Crippen LogP contribution in [0.25, 0.3) is 0 Å². The first-order chi connectivity index (χ1) is 21.9. The molecule has 0 fully saturated rings. The van der Waals surface area contributed by atoms with Crippen LogP contribution in [0.4, 0.5) is 10.5 Å². The molecule has 4 rings (SSSR count). The fourth-order valence-electron chi connectivity index (χ4n) is 5.16. The number of nitrogens with one attached hydrogen (secondary N) is 1. The van der Waals surface area contributed by atoms with Gasteiger partial charge >= 0.3 is 12.1 Å². The molecule has 3 aromatic rings. The van der Waals surface area contributed by atoms with Gasteiger partial charge in [-0.2, -0.15) is 12.6 Å². The largest absolute Gasteiger partial charge is 0.466 e. The lowest BCUT2D eigenvalue weighted by atomic mass is 9.95. The van der Waals surface area contributed by atoms with Crippen molar-refractivity contribution in [1.82, 2.24) is 10.2 Å². The Morgan fingerprint density at radius 3 is 2.28 bits per heavy atom. The van der Waals surface area contributed by atoms with E-state index < -0.39 is 40.9 Å². The second-order valence-corrected chi connectivity index (χ2v) is 12.4. The zero-order valence-corrected chi connectivity index (χ0v) is 27.5. The number of alkyl carbamates (subject to hydrolysis) is 1. The number of rotatable bonds is 8. The Labute approximate surface area is 275 Å². The number of carbonyl (C=O) groups is 4. The van der Waals surface area contributed by atoms with Gasteiger partial charge in [-0.1, -0.05) is 72.5 Å². The van der Waals surface area contributed by atoms with Crippen LogP contribution in [-0.2, 0) is 19.1 Å². The van der Waals surface area contributed by atoms with Gasteiger partial charge in [-0.15, -0.1) is 0 Å². The number of thiol groups is 1. The van der Waals surface area contributed by atoms with Crippen LogP contribution >= 0.6 is 12.6 Å². The van der Waals surface area contributed by atoms with Gasteiger partial charge < -0.3 is 24.6 Å². The number of esters is 1. The first kappa shape index (κ1) is 34.1. The molecule has 0 aliphatic carbocycles. The molecular formula is C36H39N3O6S. The van der Waals surface area contributed by atoms with E-state index in [0.29, 0.717) is 22.4 Å². The molecule has 0 aromatic heterocycles. The highest BCUT2D eigenvalue weighted by atomic mass is 32.1. The summed E-state index contributed by atoms with van der Waals surface area (Å²) in [6.45, 7) is 7.37. The first-order valence-electron chi connectivity index (χ1n) is 15.1. The molecule has 3 amide bonds. The summed E-state index contributed by atoms with van der Waals surface area (Å²) in [7, 11) is 1.63. The molecule has 10 heteroatoms. The fourth-order valence-corrected chi connectivity index (χ4v) is 5.31. The van der Waals surface area contributed by atoms with Gasteiger partial charge in [0.15, 0.2) is 0 Å². The summed E-state index contributed by atoms with van der Waals surface area (Å²) in [6, 6.07) is 21.5. The summed E-state index contributed by atoms with van der Waals surface area (Å²) in [5.41, 5.74) is 1.86. The van der Waals surface area contributed by atoms with Crippen molar-refractivity contribution in [3.8, 4) is 11.8 Å². The highest BCUT2D eigenvalue weighted by molar-refractivity contribution is 7.81. The van der Waals surface area contributed by atoms with Crippen LogP contribution in [0.2, 0.25) is 0 Å². The monoisotopic (exact) mass is 641 g/mol. The molecule has 1 aliphatic heterocycles. The summed E-state index contributed by atoms with van der Waals surface area (Å²) in [6.07, 6.45) is -0.717. The minimum absolute atomic E-state index is 0.144. The molecule has 0 spiro atoms. The average Bonchev–Trinajstić information content (AvgIpc) is 3.10. The lowest BCUT2D eigenvalue weighted by Crippen LogP contribution is -2.44. The van der Waals surface area contributed by atoms with Crippen molar-refractivity contribution in [2.24, 2.45) is 0 Å². The third-order valence-corrected chi connectivity index (χ3v) is 7.50. The highest BCUT2D eigenvalue weighted by Crippen LogP contribution is 2.40. The smallest absolute Gasteiger partial charge is 0.407 e. The van der Waals surface area contributed by atoms with Crippen LogP contribution < -0.4 is 10.2 Å². The second-order valence-electron chi connectivity index (χ2n) is 11.8. The number of anilines is 1. The van der Waals surface area contributed by atoms with Gasteiger partial charge in [0.25, 0.3) is 11.8 Å². The van der Waals surface area contributed by atoms with Crippen LogP contribution in [-0.4, -0.2) is 59.8 Å². The Morgan fingerprint density at radius 1 is 1.00 bits per heavy atom. The molecule has 3 atom stereocenters. The lowest BCUT2D eigenvalue weighted by molar-refractivity contribution is -0.145. The molecule has 0 bridgehead atoms. The van der Waals surface area contributed by atoms with Gasteiger partial charge in [-0.05, 0) is 57.0 Å². The molecule has 3 aromatic carbocycles. The predicted molar refractivity (Wildman–Crippen MR) is 180 cm³/mol. The van der Waals surface area contributed by atoms with Crippen molar-refractivity contribution < 1.29 is 28.7 Å². The van der Waals surface area contributed by atoms with E-state index in [4.69, 9.17) is 9.47 Å². The van der Waals surface area contributed by atoms with Gasteiger partial charge in [-0.3, -0.25) is 14.4 Å². The van der Waals surface area contributed by atoms with E-state index in [1.165, 1.54) is 9.80 Å². The van der Waals surface area contributed by atoms with Gasteiger partial charge in [-0.25, -0.2) is 4.79 Å². The summed E-state index contributed by atoms with van der Waals surface area (Å²) < 4.78 is 10.6. The summed E-state index contributed by atoms with van der Waals surface area (Å²) in [5.74, 6) is 4.77. The first-order valence-corrected chi connectivity index (χ1v) is 15.6. The molecule has 3 unspecified atom stereocenters. The Bertz CT molecular complexity index is 1630. The molecule has 240 valence electrons. The fraction of sp³-hybridized carbons (Fsp3) is 0.333. The third-order valence-electron chi connectivity index (χ3n) is 7.19. The maximum absolute atomic E-state index is 14.7. The zero-order valence-electron chi connectivity index (χ0n) is 26.7. The SMILES string of the molecule is CCOC(=O)CC(c1ccccc1)N1C(=O)c2cc(C#CC(S)CNC(=O)OC(C)(C)C)ccc2N(C)C(=O)C1c1ccccc1. The minimum Gasteiger partial charge on any atom is -0.466 e. The Morgan fingerprint density at radius 2 is 1.65 bits per heavy atom. The van der Waals surface area contributed by atoms with Crippen molar-refractivity contribution in [3.63, 3.8) is 0 Å². The third kappa shape index (κ3) is 8.49. The van der Waals surface area contributed by atoms with E-state index in [1.54, 1.807) is 65.1 Å². The van der Waals surface area contributed by atoms with Crippen molar-refractivity contribution in [2.45, 2.75) is 57.1 Å². The normalized spacial score (nSPS) is 15.9. The number of benzene rings is 3. The van der Waals surface area contributed by atoms with Gasteiger partial charge in [0.05, 0.1) is 35.6 Å². The van der Waals surface area contributed by atoms with E-state index in [9.17, 15) is 19.2 Å². The van der Waals surface area contributed by atoms with Crippen LogP contribution in [0.3, 0.4) is 0 Å².